The van der Waals surface area contributed by atoms with Gasteiger partial charge in [0.15, 0.2) is 5.76 Å². The SMILES string of the molecule is C/C(=N\Nc1ncc(-c2ccccc2)s1)c1cc2ccccc2o1. The molecule has 4 aromatic rings. The number of furan rings is 1. The minimum atomic E-state index is 0.753. The third-order valence-corrected chi connectivity index (χ3v) is 4.62. The van der Waals surface area contributed by atoms with E-state index in [-0.39, 0.29) is 0 Å². The number of rotatable bonds is 4. The van der Waals surface area contributed by atoms with E-state index in [4.69, 9.17) is 4.42 Å². The molecule has 0 aliphatic heterocycles. The molecule has 0 atom stereocenters. The Kier molecular flexibility index (Phi) is 3.84. The fraction of sp³-hybridized carbons (Fsp3) is 0.0526. The van der Waals surface area contributed by atoms with Gasteiger partial charge in [0, 0.05) is 11.6 Å². The van der Waals surface area contributed by atoms with Gasteiger partial charge in [-0.1, -0.05) is 59.9 Å². The van der Waals surface area contributed by atoms with Crippen LogP contribution in [0.25, 0.3) is 21.4 Å². The molecule has 0 aliphatic rings. The normalized spacial score (nSPS) is 11.8. The van der Waals surface area contributed by atoms with E-state index in [1.165, 1.54) is 0 Å². The molecule has 2 aromatic heterocycles. The Bertz CT molecular complexity index is 969. The standard InChI is InChI=1S/C19H15N3OS/c1-13(17-11-15-9-5-6-10-16(15)23-17)21-22-19-20-12-18(24-19)14-7-3-2-4-8-14/h2-12H,1H3,(H,20,22)/b21-13+. The maximum Gasteiger partial charge on any atom is 0.203 e. The van der Waals surface area contributed by atoms with Crippen molar-refractivity contribution in [1.82, 2.24) is 4.98 Å². The molecule has 2 heterocycles. The average Bonchev–Trinajstić information content (AvgIpc) is 3.27. The highest BCUT2D eigenvalue weighted by molar-refractivity contribution is 7.18. The van der Waals surface area contributed by atoms with Crippen LogP contribution in [0.2, 0.25) is 0 Å². The number of nitrogens with zero attached hydrogens (tertiary/aromatic N) is 2. The number of thiazole rings is 1. The zero-order valence-electron chi connectivity index (χ0n) is 13.1. The number of fused-ring (bicyclic) bond motifs is 1. The van der Waals surface area contributed by atoms with Crippen molar-refractivity contribution >= 4 is 33.1 Å². The van der Waals surface area contributed by atoms with Crippen molar-refractivity contribution in [2.45, 2.75) is 6.92 Å². The predicted molar refractivity (Wildman–Crippen MR) is 99.6 cm³/mol. The number of hydrogen-bond acceptors (Lipinski definition) is 5. The number of hydrazone groups is 1. The van der Waals surface area contributed by atoms with Crippen molar-refractivity contribution in [3.63, 3.8) is 0 Å². The van der Waals surface area contributed by atoms with Gasteiger partial charge in [-0.2, -0.15) is 5.10 Å². The molecule has 1 N–H and O–H groups in total. The van der Waals surface area contributed by atoms with Crippen molar-refractivity contribution in [2.75, 3.05) is 5.43 Å². The molecular weight excluding hydrogens is 318 g/mol. The van der Waals surface area contributed by atoms with Gasteiger partial charge in [-0.25, -0.2) is 4.98 Å². The molecule has 5 heteroatoms. The molecule has 118 valence electrons. The van der Waals surface area contributed by atoms with Crippen LogP contribution in [0.1, 0.15) is 12.7 Å². The van der Waals surface area contributed by atoms with Crippen LogP contribution in [-0.4, -0.2) is 10.7 Å². The highest BCUT2D eigenvalue weighted by atomic mass is 32.1. The number of para-hydroxylation sites is 1. The second-order valence-corrected chi connectivity index (χ2v) is 6.38. The Labute approximate surface area is 143 Å². The Balaban J connectivity index is 1.53. The predicted octanol–water partition coefficient (Wildman–Crippen LogP) is 5.39. The summed E-state index contributed by atoms with van der Waals surface area (Å²) in [5.41, 5.74) is 5.81. The summed E-state index contributed by atoms with van der Waals surface area (Å²) in [5.74, 6) is 0.753. The summed E-state index contributed by atoms with van der Waals surface area (Å²) in [6.07, 6.45) is 1.86. The lowest BCUT2D eigenvalue weighted by molar-refractivity contribution is 0.604. The van der Waals surface area contributed by atoms with Crippen molar-refractivity contribution < 1.29 is 4.42 Å². The molecule has 24 heavy (non-hydrogen) atoms. The third-order valence-electron chi connectivity index (χ3n) is 3.67. The molecule has 0 saturated carbocycles. The van der Waals surface area contributed by atoms with Crippen LogP contribution in [-0.2, 0) is 0 Å². The van der Waals surface area contributed by atoms with Gasteiger partial charge < -0.3 is 4.42 Å². The van der Waals surface area contributed by atoms with E-state index in [1.807, 2.05) is 61.7 Å². The summed E-state index contributed by atoms with van der Waals surface area (Å²) in [6.45, 7) is 1.91. The second-order valence-electron chi connectivity index (χ2n) is 5.35. The average molecular weight is 333 g/mol. The van der Waals surface area contributed by atoms with Gasteiger partial charge in [-0.3, -0.25) is 5.43 Å². The van der Waals surface area contributed by atoms with Gasteiger partial charge in [-0.05, 0) is 24.6 Å². The molecule has 0 fully saturated rings. The lowest BCUT2D eigenvalue weighted by Crippen LogP contribution is -1.97. The first-order valence-electron chi connectivity index (χ1n) is 7.60. The summed E-state index contributed by atoms with van der Waals surface area (Å²) in [4.78, 5) is 5.48. The first-order chi connectivity index (χ1) is 11.8. The summed E-state index contributed by atoms with van der Waals surface area (Å²) in [7, 11) is 0. The van der Waals surface area contributed by atoms with E-state index in [1.54, 1.807) is 11.3 Å². The molecule has 4 rings (SSSR count). The van der Waals surface area contributed by atoms with Crippen LogP contribution in [0.3, 0.4) is 0 Å². The highest BCUT2D eigenvalue weighted by Gasteiger charge is 2.07. The molecule has 0 spiro atoms. The molecular formula is C19H15N3OS. The third kappa shape index (κ3) is 2.94. The molecule has 2 aromatic carbocycles. The van der Waals surface area contributed by atoms with Crippen molar-refractivity contribution in [3.05, 3.63) is 72.6 Å². The van der Waals surface area contributed by atoms with Gasteiger partial charge >= 0.3 is 0 Å². The summed E-state index contributed by atoms with van der Waals surface area (Å²) in [5, 5.41) is 6.21. The summed E-state index contributed by atoms with van der Waals surface area (Å²) in [6, 6.07) is 20.1. The zero-order chi connectivity index (χ0) is 16.4. The lowest BCUT2D eigenvalue weighted by atomic mass is 10.2. The smallest absolute Gasteiger partial charge is 0.203 e. The van der Waals surface area contributed by atoms with Crippen LogP contribution < -0.4 is 5.43 Å². The number of nitrogens with one attached hydrogen (secondary N) is 1. The van der Waals surface area contributed by atoms with Gasteiger partial charge in [0.05, 0.1) is 4.88 Å². The van der Waals surface area contributed by atoms with Gasteiger partial charge in [0.25, 0.3) is 0 Å². The van der Waals surface area contributed by atoms with Crippen LogP contribution in [0.5, 0.6) is 0 Å². The second kappa shape index (κ2) is 6.29. The molecule has 4 nitrogen and oxygen atoms in total. The summed E-state index contributed by atoms with van der Waals surface area (Å²) >= 11 is 1.57. The number of hydrogen-bond donors (Lipinski definition) is 1. The van der Waals surface area contributed by atoms with Crippen LogP contribution in [0.15, 0.2) is 76.4 Å². The van der Waals surface area contributed by atoms with E-state index in [0.717, 1.165) is 38.0 Å². The molecule has 0 amide bonds. The largest absolute Gasteiger partial charge is 0.455 e. The van der Waals surface area contributed by atoms with Crippen LogP contribution >= 0.6 is 11.3 Å². The fourth-order valence-electron chi connectivity index (χ4n) is 2.41. The molecule has 0 aliphatic carbocycles. The maximum atomic E-state index is 5.80. The van der Waals surface area contributed by atoms with Gasteiger partial charge in [0.2, 0.25) is 5.13 Å². The Hall–Kier alpha value is -2.92. The molecule has 0 saturated heterocycles. The first kappa shape index (κ1) is 14.7. The minimum Gasteiger partial charge on any atom is -0.455 e. The van der Waals surface area contributed by atoms with Crippen molar-refractivity contribution in [1.29, 1.82) is 0 Å². The monoisotopic (exact) mass is 333 g/mol. The number of anilines is 1. The van der Waals surface area contributed by atoms with Gasteiger partial charge in [0.1, 0.15) is 11.3 Å². The Morgan fingerprint density at radius 2 is 1.88 bits per heavy atom. The maximum absolute atomic E-state index is 5.80. The van der Waals surface area contributed by atoms with Gasteiger partial charge in [-0.15, -0.1) is 0 Å². The van der Waals surface area contributed by atoms with Crippen molar-refractivity contribution in [3.8, 4) is 10.4 Å². The Morgan fingerprint density at radius 3 is 2.71 bits per heavy atom. The topological polar surface area (TPSA) is 50.4 Å². The first-order valence-corrected chi connectivity index (χ1v) is 8.42. The van der Waals surface area contributed by atoms with E-state index in [9.17, 15) is 0 Å². The lowest BCUT2D eigenvalue weighted by Gasteiger charge is -1.97. The van der Waals surface area contributed by atoms with Crippen LogP contribution in [0.4, 0.5) is 5.13 Å². The van der Waals surface area contributed by atoms with E-state index in [0.29, 0.717) is 0 Å². The quantitative estimate of drug-likeness (QED) is 0.402. The molecule has 0 radical (unpaired) electrons. The van der Waals surface area contributed by atoms with E-state index >= 15 is 0 Å². The molecule has 0 unspecified atom stereocenters. The molecule has 0 bridgehead atoms. The summed E-state index contributed by atoms with van der Waals surface area (Å²) < 4.78 is 5.80. The fourth-order valence-corrected chi connectivity index (χ4v) is 3.17. The van der Waals surface area contributed by atoms with Crippen molar-refractivity contribution in [2.24, 2.45) is 5.10 Å². The zero-order valence-corrected chi connectivity index (χ0v) is 13.9. The van der Waals surface area contributed by atoms with Crippen LogP contribution in [0, 0.1) is 0 Å². The number of benzene rings is 2. The highest BCUT2D eigenvalue weighted by Crippen LogP contribution is 2.28. The van der Waals surface area contributed by atoms with E-state index < -0.39 is 0 Å². The van der Waals surface area contributed by atoms with E-state index in [2.05, 4.69) is 27.6 Å². The minimum absolute atomic E-state index is 0.753. The Morgan fingerprint density at radius 1 is 1.08 bits per heavy atom. The number of aromatic nitrogens is 1.